The van der Waals surface area contributed by atoms with Crippen molar-refractivity contribution in [1.82, 2.24) is 5.32 Å². The molecule has 1 aromatic carbocycles. The maximum Gasteiger partial charge on any atom is 0.287 e. The van der Waals surface area contributed by atoms with Crippen LogP contribution in [0.25, 0.3) is 11.3 Å². The van der Waals surface area contributed by atoms with Gasteiger partial charge in [-0.3, -0.25) is 4.79 Å². The fraction of sp³-hybridized carbons (Fsp3) is 0.421. The van der Waals surface area contributed by atoms with Crippen LogP contribution >= 0.6 is 0 Å². The van der Waals surface area contributed by atoms with Crippen LogP contribution in [0.3, 0.4) is 0 Å². The van der Waals surface area contributed by atoms with Crippen molar-refractivity contribution in [3.05, 3.63) is 42.2 Å². The molecule has 1 fully saturated rings. The summed E-state index contributed by atoms with van der Waals surface area (Å²) in [6.07, 6.45) is 4.17. The van der Waals surface area contributed by atoms with Crippen LogP contribution in [-0.4, -0.2) is 32.3 Å². The number of methoxy groups -OCH3 is 2. The fourth-order valence-corrected chi connectivity index (χ4v) is 3.07. The summed E-state index contributed by atoms with van der Waals surface area (Å²) in [5.41, 5.74) is 0.912. The molecule has 5 heteroatoms. The molecule has 1 aliphatic carbocycles. The Morgan fingerprint density at radius 1 is 1.04 bits per heavy atom. The first-order chi connectivity index (χ1) is 11.7. The number of carbonyl (C=O) groups excluding carboxylic acids is 1. The van der Waals surface area contributed by atoms with E-state index in [1.807, 2.05) is 30.3 Å². The van der Waals surface area contributed by atoms with E-state index in [9.17, 15) is 4.79 Å². The van der Waals surface area contributed by atoms with Gasteiger partial charge in [0.1, 0.15) is 11.5 Å². The van der Waals surface area contributed by atoms with E-state index in [0.29, 0.717) is 17.6 Å². The summed E-state index contributed by atoms with van der Waals surface area (Å²) in [6.45, 7) is 0. The molecule has 0 bridgehead atoms. The molecule has 0 saturated heterocycles. The lowest BCUT2D eigenvalue weighted by molar-refractivity contribution is 0.0594. The van der Waals surface area contributed by atoms with Gasteiger partial charge in [0.25, 0.3) is 5.91 Å². The Hall–Kier alpha value is -2.27. The quantitative estimate of drug-likeness (QED) is 0.910. The van der Waals surface area contributed by atoms with Crippen LogP contribution in [0.2, 0.25) is 0 Å². The van der Waals surface area contributed by atoms with Gasteiger partial charge in [0.15, 0.2) is 5.76 Å². The minimum absolute atomic E-state index is 0.157. The van der Waals surface area contributed by atoms with Gasteiger partial charge in [0, 0.05) is 18.7 Å². The average molecular weight is 329 g/mol. The number of carbonyl (C=O) groups is 1. The van der Waals surface area contributed by atoms with Gasteiger partial charge in [-0.2, -0.15) is 0 Å². The highest BCUT2D eigenvalue weighted by molar-refractivity contribution is 5.92. The number of rotatable bonds is 5. The topological polar surface area (TPSA) is 60.7 Å². The van der Waals surface area contributed by atoms with Gasteiger partial charge < -0.3 is 19.2 Å². The van der Waals surface area contributed by atoms with E-state index in [4.69, 9.17) is 13.9 Å². The molecule has 3 rings (SSSR count). The minimum atomic E-state index is -0.157. The zero-order valence-corrected chi connectivity index (χ0v) is 14.1. The molecule has 0 aliphatic heterocycles. The van der Waals surface area contributed by atoms with E-state index in [0.717, 1.165) is 37.0 Å². The molecule has 24 heavy (non-hydrogen) atoms. The van der Waals surface area contributed by atoms with Gasteiger partial charge in [-0.05, 0) is 62.1 Å². The van der Waals surface area contributed by atoms with Crippen molar-refractivity contribution in [3.63, 3.8) is 0 Å². The summed E-state index contributed by atoms with van der Waals surface area (Å²) in [5, 5.41) is 3.05. The molecule has 0 unspecified atom stereocenters. The third-order valence-electron chi connectivity index (χ3n) is 4.55. The van der Waals surface area contributed by atoms with E-state index < -0.39 is 0 Å². The monoisotopic (exact) mass is 329 g/mol. The Morgan fingerprint density at radius 3 is 2.38 bits per heavy atom. The molecule has 1 heterocycles. The van der Waals surface area contributed by atoms with Gasteiger partial charge >= 0.3 is 0 Å². The van der Waals surface area contributed by atoms with Gasteiger partial charge in [-0.25, -0.2) is 0 Å². The zero-order valence-electron chi connectivity index (χ0n) is 14.1. The van der Waals surface area contributed by atoms with Crippen molar-refractivity contribution < 1.29 is 18.7 Å². The van der Waals surface area contributed by atoms with Crippen molar-refractivity contribution in [2.45, 2.75) is 37.8 Å². The van der Waals surface area contributed by atoms with E-state index in [-0.39, 0.29) is 11.9 Å². The number of ether oxygens (including phenoxy) is 2. The standard InChI is InChI=1S/C19H23NO4/c1-22-15-7-3-13(4-8-15)17-11-12-18(24-17)19(21)20-14-5-9-16(23-2)10-6-14/h3-4,7-8,11-12,14,16H,5-6,9-10H2,1-2H3,(H,20,21). The summed E-state index contributed by atoms with van der Waals surface area (Å²) in [6, 6.07) is 11.3. The molecule has 2 aromatic rings. The Morgan fingerprint density at radius 2 is 1.75 bits per heavy atom. The van der Waals surface area contributed by atoms with Crippen LogP contribution in [-0.2, 0) is 4.74 Å². The highest BCUT2D eigenvalue weighted by Gasteiger charge is 2.23. The van der Waals surface area contributed by atoms with Crippen molar-refractivity contribution in [1.29, 1.82) is 0 Å². The summed E-state index contributed by atoms with van der Waals surface area (Å²) in [7, 11) is 3.37. The first-order valence-electron chi connectivity index (χ1n) is 8.27. The maximum absolute atomic E-state index is 12.4. The second-order valence-electron chi connectivity index (χ2n) is 6.08. The molecule has 1 aliphatic rings. The fourth-order valence-electron chi connectivity index (χ4n) is 3.07. The number of furan rings is 1. The lowest BCUT2D eigenvalue weighted by atomic mass is 9.93. The summed E-state index contributed by atoms with van der Waals surface area (Å²) in [5.74, 6) is 1.64. The Kier molecular flexibility index (Phi) is 5.20. The van der Waals surface area contributed by atoms with Crippen LogP contribution in [0, 0.1) is 0 Å². The molecule has 1 amide bonds. The minimum Gasteiger partial charge on any atom is -0.497 e. The Balaban J connectivity index is 1.61. The lowest BCUT2D eigenvalue weighted by Crippen LogP contribution is -2.38. The number of nitrogens with one attached hydrogen (secondary N) is 1. The molecule has 0 spiro atoms. The first kappa shape index (κ1) is 16.6. The van der Waals surface area contributed by atoms with Crippen molar-refractivity contribution >= 4 is 5.91 Å². The van der Waals surface area contributed by atoms with Gasteiger partial charge in [0.2, 0.25) is 0 Å². The van der Waals surface area contributed by atoms with Gasteiger partial charge in [0.05, 0.1) is 13.2 Å². The molecule has 1 N–H and O–H groups in total. The third-order valence-corrected chi connectivity index (χ3v) is 4.55. The Bertz CT molecular complexity index is 669. The Labute approximate surface area is 141 Å². The second-order valence-corrected chi connectivity index (χ2v) is 6.08. The number of amides is 1. The van der Waals surface area contributed by atoms with Crippen molar-refractivity contribution in [2.75, 3.05) is 14.2 Å². The van der Waals surface area contributed by atoms with E-state index in [1.54, 1.807) is 20.3 Å². The van der Waals surface area contributed by atoms with E-state index in [1.165, 1.54) is 0 Å². The van der Waals surface area contributed by atoms with Gasteiger partial charge in [-0.1, -0.05) is 0 Å². The summed E-state index contributed by atoms with van der Waals surface area (Å²) < 4.78 is 16.2. The van der Waals surface area contributed by atoms with Crippen molar-refractivity contribution in [3.8, 4) is 17.1 Å². The third kappa shape index (κ3) is 3.79. The predicted octanol–water partition coefficient (Wildman–Crippen LogP) is 3.64. The molecule has 1 aromatic heterocycles. The lowest BCUT2D eigenvalue weighted by Gasteiger charge is -2.27. The van der Waals surface area contributed by atoms with Crippen molar-refractivity contribution in [2.24, 2.45) is 0 Å². The smallest absolute Gasteiger partial charge is 0.287 e. The SMILES string of the molecule is COc1ccc(-c2ccc(C(=O)NC3CCC(OC)CC3)o2)cc1. The molecule has 128 valence electrons. The number of hydrogen-bond acceptors (Lipinski definition) is 4. The molecule has 1 saturated carbocycles. The number of benzene rings is 1. The molecular weight excluding hydrogens is 306 g/mol. The largest absolute Gasteiger partial charge is 0.497 e. The van der Waals surface area contributed by atoms with Gasteiger partial charge in [-0.15, -0.1) is 0 Å². The van der Waals surface area contributed by atoms with Crippen LogP contribution < -0.4 is 10.1 Å². The number of hydrogen-bond donors (Lipinski definition) is 1. The summed E-state index contributed by atoms with van der Waals surface area (Å²) >= 11 is 0. The van der Waals surface area contributed by atoms with E-state index in [2.05, 4.69) is 5.32 Å². The normalized spacial score (nSPS) is 20.6. The maximum atomic E-state index is 12.4. The average Bonchev–Trinajstić information content (AvgIpc) is 3.13. The molecule has 5 nitrogen and oxygen atoms in total. The van der Waals surface area contributed by atoms with Crippen LogP contribution in [0.15, 0.2) is 40.8 Å². The molecular formula is C19H23NO4. The van der Waals surface area contributed by atoms with Crippen LogP contribution in [0.4, 0.5) is 0 Å². The molecule has 0 atom stereocenters. The highest BCUT2D eigenvalue weighted by Crippen LogP contribution is 2.25. The second kappa shape index (κ2) is 7.53. The predicted molar refractivity (Wildman–Crippen MR) is 91.2 cm³/mol. The summed E-state index contributed by atoms with van der Waals surface area (Å²) in [4.78, 5) is 12.4. The zero-order chi connectivity index (χ0) is 16.9. The van der Waals surface area contributed by atoms with E-state index >= 15 is 0 Å². The first-order valence-corrected chi connectivity index (χ1v) is 8.27. The van der Waals surface area contributed by atoms with Crippen LogP contribution in [0.5, 0.6) is 5.75 Å². The molecule has 0 radical (unpaired) electrons. The highest BCUT2D eigenvalue weighted by atomic mass is 16.5. The van der Waals surface area contributed by atoms with Crippen LogP contribution in [0.1, 0.15) is 36.2 Å².